The molecule has 0 heterocycles. The van der Waals surface area contributed by atoms with Gasteiger partial charge in [-0.15, -0.1) is 0 Å². The van der Waals surface area contributed by atoms with Gasteiger partial charge in [0.15, 0.2) is 0 Å². The molecular formula is C18H28N2O3. The first-order valence-electron chi connectivity index (χ1n) is 8.35. The van der Waals surface area contributed by atoms with Crippen LogP contribution in [0.2, 0.25) is 0 Å². The average Bonchev–Trinajstić information content (AvgIpc) is 3.37. The first-order valence-corrected chi connectivity index (χ1v) is 8.35. The van der Waals surface area contributed by atoms with Gasteiger partial charge in [0.25, 0.3) is 0 Å². The number of amides is 2. The molecule has 0 aromatic heterocycles. The van der Waals surface area contributed by atoms with Crippen molar-refractivity contribution >= 4 is 6.03 Å². The van der Waals surface area contributed by atoms with E-state index in [-0.39, 0.29) is 12.6 Å². The molecule has 2 rings (SSSR count). The van der Waals surface area contributed by atoms with Gasteiger partial charge in [-0.25, -0.2) is 4.79 Å². The zero-order valence-electron chi connectivity index (χ0n) is 14.3. The molecule has 0 radical (unpaired) electrons. The third-order valence-electron chi connectivity index (χ3n) is 4.39. The maximum Gasteiger partial charge on any atom is 0.315 e. The highest BCUT2D eigenvalue weighted by Crippen LogP contribution is 2.39. The van der Waals surface area contributed by atoms with Gasteiger partial charge in [0.2, 0.25) is 0 Å². The van der Waals surface area contributed by atoms with E-state index in [1.807, 2.05) is 25.1 Å². The van der Waals surface area contributed by atoms with E-state index in [2.05, 4.69) is 30.5 Å². The van der Waals surface area contributed by atoms with Crippen molar-refractivity contribution in [1.29, 1.82) is 0 Å². The summed E-state index contributed by atoms with van der Waals surface area (Å²) in [6, 6.07) is 7.70. The smallest absolute Gasteiger partial charge is 0.315 e. The molecule has 1 unspecified atom stereocenters. The van der Waals surface area contributed by atoms with Crippen LogP contribution in [0, 0.1) is 5.92 Å². The predicted octanol–water partition coefficient (Wildman–Crippen LogP) is 2.65. The van der Waals surface area contributed by atoms with Crippen LogP contribution in [0.5, 0.6) is 5.75 Å². The van der Waals surface area contributed by atoms with Crippen LogP contribution in [0.25, 0.3) is 0 Å². The number of carbonyl (C=O) groups is 1. The molecule has 1 aromatic rings. The number of benzene rings is 1. The van der Waals surface area contributed by atoms with Crippen molar-refractivity contribution in [2.24, 2.45) is 5.92 Å². The van der Waals surface area contributed by atoms with Crippen molar-refractivity contribution < 1.29 is 14.6 Å². The van der Waals surface area contributed by atoms with E-state index >= 15 is 0 Å². The number of aliphatic hydroxyl groups excluding tert-OH is 1. The molecule has 5 heteroatoms. The van der Waals surface area contributed by atoms with E-state index < -0.39 is 5.54 Å². The fraction of sp³-hybridized carbons (Fsp3) is 0.611. The summed E-state index contributed by atoms with van der Waals surface area (Å²) >= 11 is 0. The molecular weight excluding hydrogens is 292 g/mol. The van der Waals surface area contributed by atoms with Crippen molar-refractivity contribution in [3.63, 3.8) is 0 Å². The van der Waals surface area contributed by atoms with Crippen molar-refractivity contribution in [3.8, 4) is 5.75 Å². The second-order valence-electron chi connectivity index (χ2n) is 6.77. The standard InChI is InChI=1S/C18H28N2O3/c1-13(2)15-6-4-5-7-16(15)23-11-10-19-17(22)20-18(3,12-21)14-8-9-14/h4-7,13-14,21H,8-12H2,1-3H3,(H2,19,20,22). The molecule has 3 N–H and O–H groups in total. The highest BCUT2D eigenvalue weighted by Gasteiger charge is 2.42. The average molecular weight is 320 g/mol. The molecule has 1 aliphatic rings. The van der Waals surface area contributed by atoms with Crippen LogP contribution in [0.1, 0.15) is 45.1 Å². The Labute approximate surface area is 138 Å². The van der Waals surface area contributed by atoms with Gasteiger partial charge in [-0.05, 0) is 43.2 Å². The number of ether oxygens (including phenoxy) is 1. The van der Waals surface area contributed by atoms with Gasteiger partial charge in [0.05, 0.1) is 18.7 Å². The molecule has 128 valence electrons. The van der Waals surface area contributed by atoms with Gasteiger partial charge in [-0.3, -0.25) is 0 Å². The predicted molar refractivity (Wildman–Crippen MR) is 90.8 cm³/mol. The van der Waals surface area contributed by atoms with Gasteiger partial charge in [0, 0.05) is 0 Å². The van der Waals surface area contributed by atoms with Gasteiger partial charge in [-0.2, -0.15) is 0 Å². The zero-order valence-corrected chi connectivity index (χ0v) is 14.3. The molecule has 1 fully saturated rings. The van der Waals surface area contributed by atoms with E-state index in [4.69, 9.17) is 4.74 Å². The number of hydrogen-bond donors (Lipinski definition) is 3. The van der Waals surface area contributed by atoms with Crippen LogP contribution in [0.3, 0.4) is 0 Å². The van der Waals surface area contributed by atoms with Crippen LogP contribution in [0.15, 0.2) is 24.3 Å². The summed E-state index contributed by atoms with van der Waals surface area (Å²) in [7, 11) is 0. The second-order valence-corrected chi connectivity index (χ2v) is 6.77. The summed E-state index contributed by atoms with van der Waals surface area (Å²) in [6.45, 7) is 6.94. The van der Waals surface area contributed by atoms with Crippen LogP contribution >= 0.6 is 0 Å². The number of aliphatic hydroxyl groups is 1. The van der Waals surface area contributed by atoms with Crippen LogP contribution < -0.4 is 15.4 Å². The molecule has 1 aromatic carbocycles. The van der Waals surface area contributed by atoms with E-state index in [0.717, 1.165) is 18.6 Å². The van der Waals surface area contributed by atoms with E-state index in [1.54, 1.807) is 0 Å². The molecule has 0 bridgehead atoms. The molecule has 0 aliphatic heterocycles. The van der Waals surface area contributed by atoms with Crippen molar-refractivity contribution in [1.82, 2.24) is 10.6 Å². The SMILES string of the molecule is CC(C)c1ccccc1OCCNC(=O)NC(C)(CO)C1CC1. The summed E-state index contributed by atoms with van der Waals surface area (Å²) < 4.78 is 5.77. The molecule has 5 nitrogen and oxygen atoms in total. The number of nitrogens with one attached hydrogen (secondary N) is 2. The lowest BCUT2D eigenvalue weighted by Crippen LogP contribution is -2.54. The Hall–Kier alpha value is -1.75. The highest BCUT2D eigenvalue weighted by atomic mass is 16.5. The Morgan fingerprint density at radius 3 is 2.70 bits per heavy atom. The zero-order chi connectivity index (χ0) is 16.9. The van der Waals surface area contributed by atoms with Crippen molar-refractivity contribution in [2.45, 2.75) is 45.1 Å². The Balaban J connectivity index is 1.74. The summed E-state index contributed by atoms with van der Waals surface area (Å²) in [5, 5.41) is 15.1. The van der Waals surface area contributed by atoms with E-state index in [1.165, 1.54) is 5.56 Å². The van der Waals surface area contributed by atoms with E-state index in [9.17, 15) is 9.90 Å². The lowest BCUT2D eigenvalue weighted by atomic mass is 9.97. The summed E-state index contributed by atoms with van der Waals surface area (Å²) in [5.74, 6) is 1.64. The van der Waals surface area contributed by atoms with Crippen LogP contribution in [0.4, 0.5) is 4.79 Å². The minimum atomic E-state index is -0.519. The third kappa shape index (κ3) is 4.86. The maximum atomic E-state index is 11.9. The number of hydrogen-bond acceptors (Lipinski definition) is 3. The first-order chi connectivity index (χ1) is 11.0. The van der Waals surface area contributed by atoms with Crippen LogP contribution in [-0.4, -0.2) is 36.4 Å². The Bertz CT molecular complexity index is 529. The fourth-order valence-electron chi connectivity index (χ4n) is 2.71. The summed E-state index contributed by atoms with van der Waals surface area (Å²) in [4.78, 5) is 11.9. The molecule has 1 saturated carbocycles. The lowest BCUT2D eigenvalue weighted by Gasteiger charge is -2.28. The van der Waals surface area contributed by atoms with Gasteiger partial charge >= 0.3 is 6.03 Å². The Morgan fingerprint density at radius 2 is 2.09 bits per heavy atom. The van der Waals surface area contributed by atoms with Gasteiger partial charge in [0.1, 0.15) is 12.4 Å². The normalized spacial score (nSPS) is 16.7. The molecule has 1 aliphatic carbocycles. The number of para-hydroxylation sites is 1. The largest absolute Gasteiger partial charge is 0.491 e. The topological polar surface area (TPSA) is 70.6 Å². The van der Waals surface area contributed by atoms with Crippen molar-refractivity contribution in [2.75, 3.05) is 19.8 Å². The minimum Gasteiger partial charge on any atom is -0.491 e. The van der Waals surface area contributed by atoms with Gasteiger partial charge in [-0.1, -0.05) is 32.0 Å². The Morgan fingerprint density at radius 1 is 1.39 bits per heavy atom. The highest BCUT2D eigenvalue weighted by molar-refractivity contribution is 5.74. The molecule has 1 atom stereocenters. The van der Waals surface area contributed by atoms with Gasteiger partial charge < -0.3 is 20.5 Å². The third-order valence-corrected chi connectivity index (χ3v) is 4.39. The summed E-state index contributed by atoms with van der Waals surface area (Å²) in [5.41, 5.74) is 0.647. The maximum absolute atomic E-state index is 11.9. The quantitative estimate of drug-likeness (QED) is 0.645. The van der Waals surface area contributed by atoms with Crippen molar-refractivity contribution in [3.05, 3.63) is 29.8 Å². The second kappa shape index (κ2) is 7.68. The molecule has 2 amide bonds. The monoisotopic (exact) mass is 320 g/mol. The number of carbonyl (C=O) groups excluding carboxylic acids is 1. The molecule has 0 spiro atoms. The molecule has 0 saturated heterocycles. The number of rotatable bonds is 8. The first kappa shape index (κ1) is 17.6. The fourth-order valence-corrected chi connectivity index (χ4v) is 2.71. The Kier molecular flexibility index (Phi) is 5.88. The summed E-state index contributed by atoms with van der Waals surface area (Å²) in [6.07, 6.45) is 2.12. The molecule has 23 heavy (non-hydrogen) atoms. The number of urea groups is 1. The van der Waals surface area contributed by atoms with Crippen LogP contribution in [-0.2, 0) is 0 Å². The lowest BCUT2D eigenvalue weighted by molar-refractivity contribution is 0.154. The minimum absolute atomic E-state index is 0.0383. The van der Waals surface area contributed by atoms with E-state index in [0.29, 0.717) is 25.0 Å².